The molecule has 0 bridgehead atoms. The fraction of sp³-hybridized carbons (Fsp3) is 0.346. The molecule has 1 amide bonds. The molecule has 7 heteroatoms. The highest BCUT2D eigenvalue weighted by Crippen LogP contribution is 2.51. The van der Waals surface area contributed by atoms with E-state index < -0.39 is 12.0 Å². The number of benzene rings is 2. The minimum Gasteiger partial charge on any atom is -0.490 e. The van der Waals surface area contributed by atoms with Gasteiger partial charge in [-0.3, -0.25) is 9.59 Å². The van der Waals surface area contributed by atoms with Crippen molar-refractivity contribution in [3.05, 3.63) is 93.2 Å². The zero-order valence-electron chi connectivity index (χ0n) is 18.6. The van der Waals surface area contributed by atoms with Crippen LogP contribution in [-0.2, 0) is 23.2 Å². The van der Waals surface area contributed by atoms with Crippen LogP contribution in [0.2, 0.25) is 0 Å². The summed E-state index contributed by atoms with van der Waals surface area (Å²) in [5, 5.41) is 10.4. The highest BCUT2D eigenvalue weighted by atomic mass is 16.5. The Morgan fingerprint density at radius 2 is 1.91 bits per heavy atom. The average molecular weight is 446 g/mol. The number of amides is 1. The monoisotopic (exact) mass is 445 g/mol. The number of aryl methyl sites for hydroxylation is 1. The number of ether oxygens (including phenoxy) is 1. The minimum absolute atomic E-state index is 0.135. The number of hydrogen-bond donors (Lipinski definition) is 2. The van der Waals surface area contributed by atoms with Crippen molar-refractivity contribution >= 4 is 5.91 Å². The molecule has 1 aliphatic heterocycles. The number of hydrogen-bond acceptors (Lipinski definition) is 5. The average Bonchev–Trinajstić information content (AvgIpc) is 3.65. The van der Waals surface area contributed by atoms with Crippen LogP contribution >= 0.6 is 0 Å². The lowest BCUT2D eigenvalue weighted by atomic mass is 9.94. The van der Waals surface area contributed by atoms with Gasteiger partial charge in [-0.25, -0.2) is 4.98 Å². The lowest BCUT2D eigenvalue weighted by molar-refractivity contribution is -0.142. The van der Waals surface area contributed by atoms with Crippen LogP contribution in [0.15, 0.2) is 59.4 Å². The third kappa shape index (κ3) is 4.04. The van der Waals surface area contributed by atoms with Gasteiger partial charge in [0.15, 0.2) is 6.10 Å². The predicted octanol–water partition coefficient (Wildman–Crippen LogP) is 2.48. The Morgan fingerprint density at radius 1 is 1.18 bits per heavy atom. The number of rotatable bonds is 6. The summed E-state index contributed by atoms with van der Waals surface area (Å²) in [7, 11) is 0. The number of fused-ring (bicyclic) bond motifs is 1. The summed E-state index contributed by atoms with van der Waals surface area (Å²) in [5.74, 6) is 0.901. The topological polar surface area (TPSA) is 95.5 Å². The lowest BCUT2D eigenvalue weighted by Crippen LogP contribution is -2.46. The molecule has 1 saturated carbocycles. The highest BCUT2D eigenvalue weighted by Gasteiger charge is 2.48. The van der Waals surface area contributed by atoms with Crippen molar-refractivity contribution < 1.29 is 14.6 Å². The second-order valence-electron chi connectivity index (χ2n) is 8.89. The van der Waals surface area contributed by atoms with Crippen LogP contribution in [0.5, 0.6) is 5.75 Å². The van der Waals surface area contributed by atoms with E-state index in [0.29, 0.717) is 30.1 Å². The van der Waals surface area contributed by atoms with Crippen LogP contribution in [0.4, 0.5) is 0 Å². The van der Waals surface area contributed by atoms with E-state index in [1.54, 1.807) is 6.07 Å². The summed E-state index contributed by atoms with van der Waals surface area (Å²) < 4.78 is 5.63. The quantitative estimate of drug-likeness (QED) is 0.608. The number of aromatic nitrogens is 2. The van der Waals surface area contributed by atoms with Gasteiger partial charge in [0.1, 0.15) is 18.2 Å². The number of carbonyl (C=O) groups excluding carboxylic acids is 1. The molecular formula is C26H27N3O4. The second-order valence-corrected chi connectivity index (χ2v) is 8.89. The largest absolute Gasteiger partial charge is 0.490 e. The number of H-pyrrole nitrogens is 1. The van der Waals surface area contributed by atoms with E-state index in [2.05, 4.69) is 17.1 Å². The van der Waals surface area contributed by atoms with Gasteiger partial charge < -0.3 is 19.7 Å². The van der Waals surface area contributed by atoms with Crippen LogP contribution in [-0.4, -0.2) is 45.1 Å². The first-order valence-corrected chi connectivity index (χ1v) is 11.3. The first kappa shape index (κ1) is 21.4. The van der Waals surface area contributed by atoms with Crippen LogP contribution in [0.1, 0.15) is 41.1 Å². The second kappa shape index (κ2) is 8.48. The number of aromatic amines is 1. The van der Waals surface area contributed by atoms with Crippen molar-refractivity contribution in [2.24, 2.45) is 0 Å². The maximum absolute atomic E-state index is 13.0. The van der Waals surface area contributed by atoms with Crippen molar-refractivity contribution in [3.63, 3.8) is 0 Å². The smallest absolute Gasteiger partial charge is 0.256 e. The number of carbonyl (C=O) groups is 1. The molecule has 33 heavy (non-hydrogen) atoms. The van der Waals surface area contributed by atoms with Gasteiger partial charge in [0.2, 0.25) is 0 Å². The summed E-state index contributed by atoms with van der Waals surface area (Å²) in [5.41, 5.74) is 2.91. The van der Waals surface area contributed by atoms with Crippen LogP contribution in [0.3, 0.4) is 0 Å². The zero-order chi connectivity index (χ0) is 23.0. The number of nitrogens with one attached hydrogen (secondary N) is 1. The molecule has 170 valence electrons. The molecule has 1 aliphatic carbocycles. The Hall–Kier alpha value is -3.45. The Kier molecular flexibility index (Phi) is 5.50. The number of aliphatic hydroxyl groups is 1. The van der Waals surface area contributed by atoms with E-state index in [-0.39, 0.29) is 24.1 Å². The van der Waals surface area contributed by atoms with Crippen molar-refractivity contribution in [1.29, 1.82) is 0 Å². The van der Waals surface area contributed by atoms with Crippen molar-refractivity contribution in [2.45, 2.75) is 44.2 Å². The molecule has 7 nitrogen and oxygen atoms in total. The molecule has 2 N–H and O–H groups in total. The number of para-hydroxylation sites is 1. The van der Waals surface area contributed by atoms with Gasteiger partial charge in [-0.1, -0.05) is 48.5 Å². The Morgan fingerprint density at radius 3 is 2.64 bits per heavy atom. The lowest BCUT2D eigenvalue weighted by Gasteiger charge is -2.30. The van der Waals surface area contributed by atoms with Gasteiger partial charge in [0.05, 0.1) is 23.2 Å². The Bertz CT molecular complexity index is 1230. The predicted molar refractivity (Wildman–Crippen MR) is 123 cm³/mol. The molecule has 0 spiro atoms. The van der Waals surface area contributed by atoms with Crippen LogP contribution in [0, 0.1) is 6.92 Å². The third-order valence-electron chi connectivity index (χ3n) is 6.69. The normalized spacial score (nSPS) is 17.2. The SMILES string of the molecule is Cc1ccccc1OCC(O)C(=O)N1CCc2nc(C3(c4ccccc4)CC3)[nH]c(=O)c2C1. The van der Waals surface area contributed by atoms with E-state index in [9.17, 15) is 14.7 Å². The third-order valence-corrected chi connectivity index (χ3v) is 6.69. The van der Waals surface area contributed by atoms with E-state index in [1.165, 1.54) is 4.90 Å². The molecule has 2 aromatic carbocycles. The zero-order valence-corrected chi connectivity index (χ0v) is 18.6. The van der Waals surface area contributed by atoms with Crippen LogP contribution < -0.4 is 10.3 Å². The molecule has 2 aliphatic rings. The summed E-state index contributed by atoms with van der Waals surface area (Å²) in [6.45, 7) is 2.31. The maximum atomic E-state index is 13.0. The van der Waals surface area contributed by atoms with Crippen molar-refractivity contribution in [3.8, 4) is 5.75 Å². The van der Waals surface area contributed by atoms with Gasteiger partial charge in [0.25, 0.3) is 11.5 Å². The summed E-state index contributed by atoms with van der Waals surface area (Å²) in [6, 6.07) is 17.6. The molecule has 3 aromatic rings. The molecule has 1 atom stereocenters. The molecule has 0 radical (unpaired) electrons. The first-order valence-electron chi connectivity index (χ1n) is 11.3. The highest BCUT2D eigenvalue weighted by molar-refractivity contribution is 5.81. The van der Waals surface area contributed by atoms with E-state index in [4.69, 9.17) is 9.72 Å². The van der Waals surface area contributed by atoms with Gasteiger partial charge in [0, 0.05) is 13.0 Å². The first-order chi connectivity index (χ1) is 16.0. The molecule has 1 fully saturated rings. The van der Waals surface area contributed by atoms with Gasteiger partial charge in [-0.15, -0.1) is 0 Å². The van der Waals surface area contributed by atoms with E-state index in [1.807, 2.05) is 43.3 Å². The molecule has 2 heterocycles. The molecule has 1 aromatic heterocycles. The summed E-state index contributed by atoms with van der Waals surface area (Å²) >= 11 is 0. The fourth-order valence-electron chi connectivity index (χ4n) is 4.55. The molecule has 1 unspecified atom stereocenters. The van der Waals surface area contributed by atoms with Gasteiger partial charge >= 0.3 is 0 Å². The molecule has 5 rings (SSSR count). The van der Waals surface area contributed by atoms with Crippen molar-refractivity contribution in [2.75, 3.05) is 13.2 Å². The molecule has 0 saturated heterocycles. The van der Waals surface area contributed by atoms with Crippen molar-refractivity contribution in [1.82, 2.24) is 14.9 Å². The van der Waals surface area contributed by atoms with Crippen LogP contribution in [0.25, 0.3) is 0 Å². The Labute approximate surface area is 192 Å². The van der Waals surface area contributed by atoms with E-state index >= 15 is 0 Å². The Balaban J connectivity index is 1.30. The van der Waals surface area contributed by atoms with E-state index in [0.717, 1.165) is 29.7 Å². The standard InChI is InChI=1S/C26H27N3O4/c1-17-7-5-6-10-22(17)33-16-21(30)24(32)29-14-11-20-19(15-29)23(31)28-25(27-20)26(12-13-26)18-8-3-2-4-9-18/h2-10,21,30H,11-16H2,1H3,(H,27,28,31). The fourth-order valence-corrected chi connectivity index (χ4v) is 4.55. The maximum Gasteiger partial charge on any atom is 0.256 e. The van der Waals surface area contributed by atoms with Gasteiger partial charge in [-0.2, -0.15) is 0 Å². The number of aliphatic hydroxyl groups excluding tert-OH is 1. The molecular weight excluding hydrogens is 418 g/mol. The van der Waals surface area contributed by atoms with Gasteiger partial charge in [-0.05, 0) is 37.0 Å². The summed E-state index contributed by atoms with van der Waals surface area (Å²) in [4.78, 5) is 35.1. The summed E-state index contributed by atoms with van der Waals surface area (Å²) in [6.07, 6.45) is 1.09. The minimum atomic E-state index is -1.30. The number of nitrogens with zero attached hydrogens (tertiary/aromatic N) is 2.